The van der Waals surface area contributed by atoms with Crippen LogP contribution in [0.5, 0.6) is 11.5 Å². The Hall–Kier alpha value is -2.66. The largest absolute Gasteiger partial charge is 0.497 e. The van der Waals surface area contributed by atoms with E-state index >= 15 is 0 Å². The second-order valence-corrected chi connectivity index (χ2v) is 6.90. The van der Waals surface area contributed by atoms with Crippen molar-refractivity contribution in [1.82, 2.24) is 9.78 Å². The Morgan fingerprint density at radius 1 is 1.07 bits per heavy atom. The average molecular weight is 384 g/mol. The number of para-hydroxylation sites is 1. The highest BCUT2D eigenvalue weighted by Crippen LogP contribution is 2.40. The summed E-state index contributed by atoms with van der Waals surface area (Å²) in [7, 11) is 3.34. The van der Waals surface area contributed by atoms with Gasteiger partial charge in [0.05, 0.1) is 24.9 Å². The van der Waals surface area contributed by atoms with Gasteiger partial charge in [0.25, 0.3) is 0 Å². The minimum atomic E-state index is 0.665. The number of nitrogens with zero attached hydrogens (tertiary/aromatic N) is 2. The third-order valence-corrected chi connectivity index (χ3v) is 5.19. The van der Waals surface area contributed by atoms with Gasteiger partial charge in [0.1, 0.15) is 23.0 Å². The zero-order valence-electron chi connectivity index (χ0n) is 15.5. The lowest BCUT2D eigenvalue weighted by Crippen LogP contribution is -2.07. The van der Waals surface area contributed by atoms with E-state index in [-0.39, 0.29) is 0 Å². The Morgan fingerprint density at radius 3 is 2.70 bits per heavy atom. The topological polar surface area (TPSA) is 48.3 Å². The van der Waals surface area contributed by atoms with Crippen LogP contribution in [0.1, 0.15) is 18.4 Å². The molecule has 0 radical (unpaired) electrons. The summed E-state index contributed by atoms with van der Waals surface area (Å²) < 4.78 is 13.0. The van der Waals surface area contributed by atoms with Crippen LogP contribution in [0.4, 0.5) is 5.82 Å². The molecule has 3 aromatic rings. The fraction of sp³-hybridized carbons (Fsp3) is 0.286. The maximum absolute atomic E-state index is 6.47. The first-order chi connectivity index (χ1) is 13.2. The lowest BCUT2D eigenvalue weighted by atomic mass is 10.0. The van der Waals surface area contributed by atoms with Crippen LogP contribution in [0.25, 0.3) is 16.9 Å². The van der Waals surface area contributed by atoms with Gasteiger partial charge in [0.15, 0.2) is 0 Å². The summed E-state index contributed by atoms with van der Waals surface area (Å²) in [6, 6.07) is 13.5. The summed E-state index contributed by atoms with van der Waals surface area (Å²) in [4.78, 5) is 0. The van der Waals surface area contributed by atoms with E-state index in [4.69, 9.17) is 26.2 Å². The molecule has 140 valence electrons. The quantitative estimate of drug-likeness (QED) is 0.691. The molecule has 0 amide bonds. The molecule has 0 bridgehead atoms. The van der Waals surface area contributed by atoms with Gasteiger partial charge in [-0.25, -0.2) is 4.68 Å². The molecule has 5 nitrogen and oxygen atoms in total. The van der Waals surface area contributed by atoms with E-state index < -0.39 is 0 Å². The molecular formula is C21H22ClN3O2. The smallest absolute Gasteiger partial charge is 0.133 e. The number of ether oxygens (including phenoxy) is 2. The fourth-order valence-corrected chi connectivity index (χ4v) is 3.73. The molecule has 0 spiro atoms. The highest BCUT2D eigenvalue weighted by molar-refractivity contribution is 6.32. The molecule has 2 heterocycles. The van der Waals surface area contributed by atoms with E-state index in [2.05, 4.69) is 5.32 Å². The minimum absolute atomic E-state index is 0.665. The minimum Gasteiger partial charge on any atom is -0.497 e. The van der Waals surface area contributed by atoms with E-state index in [1.165, 1.54) is 5.56 Å². The number of methoxy groups -OCH3 is 2. The van der Waals surface area contributed by atoms with Gasteiger partial charge >= 0.3 is 0 Å². The third kappa shape index (κ3) is 3.23. The van der Waals surface area contributed by atoms with Gasteiger partial charge in [-0.3, -0.25) is 0 Å². The molecule has 1 aromatic heterocycles. The molecule has 0 saturated heterocycles. The van der Waals surface area contributed by atoms with Crippen molar-refractivity contribution in [2.75, 3.05) is 26.1 Å². The summed E-state index contributed by atoms with van der Waals surface area (Å²) in [5.74, 6) is 2.54. The summed E-state index contributed by atoms with van der Waals surface area (Å²) >= 11 is 6.47. The molecule has 0 aliphatic carbocycles. The zero-order chi connectivity index (χ0) is 18.8. The number of hydrogen-bond donors (Lipinski definition) is 1. The molecule has 0 unspecified atom stereocenters. The molecule has 1 aliphatic rings. The van der Waals surface area contributed by atoms with Crippen molar-refractivity contribution in [3.8, 4) is 28.4 Å². The Balaban J connectivity index is 1.96. The predicted molar refractivity (Wildman–Crippen MR) is 109 cm³/mol. The van der Waals surface area contributed by atoms with E-state index in [9.17, 15) is 0 Å². The van der Waals surface area contributed by atoms with Crippen LogP contribution in [0.3, 0.4) is 0 Å². The van der Waals surface area contributed by atoms with Crippen molar-refractivity contribution in [3.05, 3.63) is 53.1 Å². The van der Waals surface area contributed by atoms with Crippen molar-refractivity contribution >= 4 is 17.4 Å². The summed E-state index contributed by atoms with van der Waals surface area (Å²) in [5.41, 5.74) is 3.86. The fourth-order valence-electron chi connectivity index (χ4n) is 3.52. The SMILES string of the molecule is COc1ccc(OC)c(-c2nn(-c3ccccc3Cl)c3c2CCCCN3)c1. The number of halogens is 1. The Morgan fingerprint density at radius 2 is 1.93 bits per heavy atom. The van der Waals surface area contributed by atoms with E-state index in [1.807, 2.05) is 47.1 Å². The predicted octanol–water partition coefficient (Wildman–Crippen LogP) is 4.96. The number of nitrogens with one attached hydrogen (secondary N) is 1. The van der Waals surface area contributed by atoms with Crippen molar-refractivity contribution in [1.29, 1.82) is 0 Å². The van der Waals surface area contributed by atoms with Crippen molar-refractivity contribution in [3.63, 3.8) is 0 Å². The molecule has 4 rings (SSSR count). The van der Waals surface area contributed by atoms with Gasteiger partial charge in [-0.05, 0) is 49.6 Å². The van der Waals surface area contributed by atoms with Gasteiger partial charge < -0.3 is 14.8 Å². The third-order valence-electron chi connectivity index (χ3n) is 4.87. The van der Waals surface area contributed by atoms with Crippen LogP contribution in [0.2, 0.25) is 5.02 Å². The van der Waals surface area contributed by atoms with Crippen LogP contribution >= 0.6 is 11.6 Å². The maximum atomic E-state index is 6.47. The molecule has 0 atom stereocenters. The first-order valence-corrected chi connectivity index (χ1v) is 9.44. The van der Waals surface area contributed by atoms with Gasteiger partial charge in [0.2, 0.25) is 0 Å². The number of aromatic nitrogens is 2. The molecular weight excluding hydrogens is 362 g/mol. The number of benzene rings is 2. The molecule has 0 saturated carbocycles. The van der Waals surface area contributed by atoms with Gasteiger partial charge in [-0.1, -0.05) is 23.7 Å². The second kappa shape index (κ2) is 7.53. The lowest BCUT2D eigenvalue weighted by Gasteiger charge is -2.10. The summed E-state index contributed by atoms with van der Waals surface area (Å²) in [6.07, 6.45) is 3.17. The molecule has 1 N–H and O–H groups in total. The van der Waals surface area contributed by atoms with Crippen LogP contribution in [-0.4, -0.2) is 30.5 Å². The number of hydrogen-bond acceptors (Lipinski definition) is 4. The maximum Gasteiger partial charge on any atom is 0.133 e. The monoisotopic (exact) mass is 383 g/mol. The zero-order valence-corrected chi connectivity index (χ0v) is 16.2. The molecule has 0 fully saturated rings. The Kier molecular flexibility index (Phi) is 4.94. The molecule has 27 heavy (non-hydrogen) atoms. The van der Waals surface area contributed by atoms with Crippen molar-refractivity contribution in [2.45, 2.75) is 19.3 Å². The molecule has 2 aromatic carbocycles. The van der Waals surface area contributed by atoms with Crippen LogP contribution in [-0.2, 0) is 6.42 Å². The first-order valence-electron chi connectivity index (χ1n) is 9.06. The lowest BCUT2D eigenvalue weighted by molar-refractivity contribution is 0.404. The standard InChI is InChI=1S/C21H22ClN3O2/c1-26-14-10-11-19(27-2)16(13-14)20-15-7-5-6-12-23-21(15)25(24-20)18-9-4-3-8-17(18)22/h3-4,8-11,13,23H,5-7,12H2,1-2H3. The van der Waals surface area contributed by atoms with Crippen LogP contribution < -0.4 is 14.8 Å². The molecule has 1 aliphatic heterocycles. The van der Waals surface area contributed by atoms with Gasteiger partial charge in [0, 0.05) is 17.7 Å². The van der Waals surface area contributed by atoms with Crippen molar-refractivity contribution < 1.29 is 9.47 Å². The highest BCUT2D eigenvalue weighted by atomic mass is 35.5. The van der Waals surface area contributed by atoms with Crippen LogP contribution in [0.15, 0.2) is 42.5 Å². The number of rotatable bonds is 4. The van der Waals surface area contributed by atoms with Gasteiger partial charge in [-0.15, -0.1) is 0 Å². The van der Waals surface area contributed by atoms with Gasteiger partial charge in [-0.2, -0.15) is 5.10 Å². The van der Waals surface area contributed by atoms with E-state index in [1.54, 1.807) is 14.2 Å². The average Bonchev–Trinajstić information content (AvgIpc) is 2.88. The Bertz CT molecular complexity index is 968. The number of anilines is 1. The Labute approximate surface area is 163 Å². The summed E-state index contributed by atoms with van der Waals surface area (Å²) in [5, 5.41) is 9.16. The van der Waals surface area contributed by atoms with Crippen LogP contribution in [0, 0.1) is 0 Å². The van der Waals surface area contributed by atoms with E-state index in [0.29, 0.717) is 5.02 Å². The highest BCUT2D eigenvalue weighted by Gasteiger charge is 2.24. The summed E-state index contributed by atoms with van der Waals surface area (Å²) in [6.45, 7) is 0.915. The molecule has 6 heteroatoms. The van der Waals surface area contributed by atoms with E-state index in [0.717, 1.165) is 60.1 Å². The number of fused-ring (bicyclic) bond motifs is 1. The second-order valence-electron chi connectivity index (χ2n) is 6.49. The van der Waals surface area contributed by atoms with Crippen molar-refractivity contribution in [2.24, 2.45) is 0 Å². The first kappa shape index (κ1) is 17.7. The normalized spacial score (nSPS) is 13.4.